The van der Waals surface area contributed by atoms with Crippen LogP contribution in [0.15, 0.2) is 0 Å². The summed E-state index contributed by atoms with van der Waals surface area (Å²) >= 11 is 6.74. The van der Waals surface area contributed by atoms with Gasteiger partial charge in [0.25, 0.3) is 0 Å². The Balaban J connectivity index is 2.70. The third kappa shape index (κ3) is 3.35. The highest BCUT2D eigenvalue weighted by atomic mass is 35.5. The van der Waals surface area contributed by atoms with Gasteiger partial charge in [-0.2, -0.15) is 0 Å². The number of anilines is 1. The Morgan fingerprint density at radius 3 is 2.87 bits per heavy atom. The molecule has 0 unspecified atom stereocenters. The summed E-state index contributed by atoms with van der Waals surface area (Å²) in [7, 11) is 0. The number of halogens is 1. The van der Waals surface area contributed by atoms with Gasteiger partial charge in [0.1, 0.15) is 4.88 Å². The van der Waals surface area contributed by atoms with E-state index in [1.165, 1.54) is 0 Å². The number of hydrogen-bond donors (Lipinski definition) is 2. The molecule has 0 saturated heterocycles. The first kappa shape index (κ1) is 12.3. The molecular formula is C9H13ClN2O2S. The van der Waals surface area contributed by atoms with E-state index in [0.29, 0.717) is 10.8 Å². The quantitative estimate of drug-likeness (QED) is 0.600. The minimum atomic E-state index is -0.966. The molecule has 1 aromatic rings. The maximum atomic E-state index is 10.8. The van der Waals surface area contributed by atoms with E-state index < -0.39 is 5.97 Å². The third-order valence-electron chi connectivity index (χ3n) is 1.82. The van der Waals surface area contributed by atoms with Crippen LogP contribution in [0.25, 0.3) is 0 Å². The lowest BCUT2D eigenvalue weighted by molar-refractivity contribution is 0.0701. The van der Waals surface area contributed by atoms with Gasteiger partial charge >= 0.3 is 5.97 Å². The largest absolute Gasteiger partial charge is 0.477 e. The van der Waals surface area contributed by atoms with Crippen molar-refractivity contribution in [1.82, 2.24) is 4.98 Å². The van der Waals surface area contributed by atoms with Crippen LogP contribution in [0.1, 0.15) is 35.1 Å². The molecule has 0 spiro atoms. The van der Waals surface area contributed by atoms with E-state index in [2.05, 4.69) is 17.2 Å². The lowest BCUT2D eigenvalue weighted by Crippen LogP contribution is -2.00. The van der Waals surface area contributed by atoms with Crippen LogP contribution in [0.3, 0.4) is 0 Å². The molecule has 0 aliphatic heterocycles. The summed E-state index contributed by atoms with van der Waals surface area (Å²) < 4.78 is 0. The zero-order valence-corrected chi connectivity index (χ0v) is 9.99. The van der Waals surface area contributed by atoms with E-state index in [-0.39, 0.29) is 10.8 Å². The number of aromatic nitrogens is 1. The van der Waals surface area contributed by atoms with E-state index in [1.54, 1.807) is 0 Å². The highest BCUT2D eigenvalue weighted by Gasteiger charge is 2.15. The molecule has 0 aliphatic carbocycles. The number of carbonyl (C=O) groups is 1. The number of alkyl halides is 1. The highest BCUT2D eigenvalue weighted by molar-refractivity contribution is 7.17. The van der Waals surface area contributed by atoms with Crippen molar-refractivity contribution in [2.45, 2.75) is 25.6 Å². The minimum Gasteiger partial charge on any atom is -0.477 e. The number of rotatable bonds is 6. The first-order chi connectivity index (χ1) is 7.19. The third-order valence-corrected chi connectivity index (χ3v) is 3.12. The molecule has 0 aliphatic rings. The highest BCUT2D eigenvalue weighted by Crippen LogP contribution is 2.24. The summed E-state index contributed by atoms with van der Waals surface area (Å²) in [6, 6.07) is 0. The maximum absolute atomic E-state index is 10.8. The van der Waals surface area contributed by atoms with Crippen LogP contribution in [0, 0.1) is 0 Å². The predicted octanol–water partition coefficient (Wildman–Crippen LogP) is 2.79. The molecule has 2 N–H and O–H groups in total. The number of carboxylic acids is 1. The van der Waals surface area contributed by atoms with Gasteiger partial charge in [-0.05, 0) is 6.42 Å². The molecule has 15 heavy (non-hydrogen) atoms. The molecule has 0 radical (unpaired) electrons. The minimum absolute atomic E-state index is 0.133. The van der Waals surface area contributed by atoms with Crippen LogP contribution in [-0.2, 0) is 5.88 Å². The average molecular weight is 249 g/mol. The SMILES string of the molecule is CCCCNc1nc(CCl)c(C(=O)O)s1. The van der Waals surface area contributed by atoms with Crippen molar-refractivity contribution in [2.24, 2.45) is 0 Å². The van der Waals surface area contributed by atoms with Gasteiger partial charge in [-0.25, -0.2) is 9.78 Å². The Morgan fingerprint density at radius 2 is 2.40 bits per heavy atom. The molecule has 0 bridgehead atoms. The van der Waals surface area contributed by atoms with Gasteiger partial charge in [-0.3, -0.25) is 0 Å². The standard InChI is InChI=1S/C9H13ClN2O2S/c1-2-3-4-11-9-12-6(5-10)7(15-9)8(13)14/h2-5H2,1H3,(H,11,12)(H,13,14). The van der Waals surface area contributed by atoms with Gasteiger partial charge in [-0.15, -0.1) is 11.6 Å². The van der Waals surface area contributed by atoms with Crippen molar-refractivity contribution in [3.8, 4) is 0 Å². The molecular weight excluding hydrogens is 236 g/mol. The van der Waals surface area contributed by atoms with Crippen LogP contribution < -0.4 is 5.32 Å². The molecule has 0 saturated carbocycles. The Labute approximate surface area is 97.3 Å². The Morgan fingerprint density at radius 1 is 1.67 bits per heavy atom. The summed E-state index contributed by atoms with van der Waals surface area (Å²) in [5, 5.41) is 12.6. The molecule has 0 aromatic carbocycles. The second kappa shape index (κ2) is 5.92. The lowest BCUT2D eigenvalue weighted by Gasteiger charge is -1.98. The maximum Gasteiger partial charge on any atom is 0.347 e. The molecule has 84 valence electrons. The van der Waals surface area contributed by atoms with Crippen molar-refractivity contribution in [3.63, 3.8) is 0 Å². The molecule has 0 amide bonds. The number of aromatic carboxylic acids is 1. The number of nitrogens with one attached hydrogen (secondary N) is 1. The zero-order chi connectivity index (χ0) is 11.3. The van der Waals surface area contributed by atoms with Crippen molar-refractivity contribution in [1.29, 1.82) is 0 Å². The first-order valence-electron chi connectivity index (χ1n) is 4.71. The summed E-state index contributed by atoms with van der Waals surface area (Å²) in [4.78, 5) is 15.2. The zero-order valence-electron chi connectivity index (χ0n) is 8.42. The lowest BCUT2D eigenvalue weighted by atomic mass is 10.3. The van der Waals surface area contributed by atoms with Gasteiger partial charge in [-0.1, -0.05) is 24.7 Å². The van der Waals surface area contributed by atoms with Gasteiger partial charge in [0.15, 0.2) is 5.13 Å². The van der Waals surface area contributed by atoms with E-state index >= 15 is 0 Å². The Bertz CT molecular complexity index is 341. The van der Waals surface area contributed by atoms with Crippen molar-refractivity contribution in [2.75, 3.05) is 11.9 Å². The number of carboxylic acid groups (broad SMARTS) is 1. The fraction of sp³-hybridized carbons (Fsp3) is 0.556. The normalized spacial score (nSPS) is 10.3. The smallest absolute Gasteiger partial charge is 0.347 e. The number of unbranched alkanes of at least 4 members (excludes halogenated alkanes) is 1. The second-order valence-electron chi connectivity index (χ2n) is 3.01. The van der Waals surface area contributed by atoms with Crippen molar-refractivity contribution < 1.29 is 9.90 Å². The van der Waals surface area contributed by atoms with Crippen LogP contribution >= 0.6 is 22.9 Å². The molecule has 6 heteroatoms. The van der Waals surface area contributed by atoms with Gasteiger partial charge in [0.2, 0.25) is 0 Å². The van der Waals surface area contributed by atoms with E-state index in [0.717, 1.165) is 30.7 Å². The Hall–Kier alpha value is -0.810. The fourth-order valence-corrected chi connectivity index (χ4v) is 2.18. The molecule has 1 rings (SSSR count). The van der Waals surface area contributed by atoms with E-state index in [4.69, 9.17) is 16.7 Å². The Kier molecular flexibility index (Phi) is 4.84. The summed E-state index contributed by atoms with van der Waals surface area (Å²) in [5.74, 6) is -0.833. The molecule has 1 aromatic heterocycles. The van der Waals surface area contributed by atoms with Crippen LogP contribution in [0.2, 0.25) is 0 Å². The van der Waals surface area contributed by atoms with Gasteiger partial charge < -0.3 is 10.4 Å². The topological polar surface area (TPSA) is 62.2 Å². The monoisotopic (exact) mass is 248 g/mol. The number of nitrogens with zero attached hydrogens (tertiary/aromatic N) is 1. The summed E-state index contributed by atoms with van der Waals surface area (Å²) in [6.45, 7) is 2.90. The number of thiazole rings is 1. The summed E-state index contributed by atoms with van der Waals surface area (Å²) in [6.07, 6.45) is 2.13. The fourth-order valence-electron chi connectivity index (χ4n) is 1.06. The van der Waals surface area contributed by atoms with Crippen LogP contribution in [0.5, 0.6) is 0 Å². The van der Waals surface area contributed by atoms with E-state index in [9.17, 15) is 4.79 Å². The summed E-state index contributed by atoms with van der Waals surface area (Å²) in [5.41, 5.74) is 0.438. The average Bonchev–Trinajstić information content (AvgIpc) is 2.62. The van der Waals surface area contributed by atoms with Gasteiger partial charge in [0.05, 0.1) is 11.6 Å². The molecule has 0 fully saturated rings. The van der Waals surface area contributed by atoms with Crippen molar-refractivity contribution >= 4 is 34.0 Å². The predicted molar refractivity (Wildman–Crippen MR) is 62.0 cm³/mol. The molecule has 4 nitrogen and oxygen atoms in total. The van der Waals surface area contributed by atoms with Crippen LogP contribution in [-0.4, -0.2) is 22.6 Å². The van der Waals surface area contributed by atoms with Crippen LogP contribution in [0.4, 0.5) is 5.13 Å². The molecule has 1 heterocycles. The first-order valence-corrected chi connectivity index (χ1v) is 6.07. The van der Waals surface area contributed by atoms with E-state index in [1.807, 2.05) is 0 Å². The molecule has 0 atom stereocenters. The van der Waals surface area contributed by atoms with Crippen molar-refractivity contribution in [3.05, 3.63) is 10.6 Å². The number of hydrogen-bond acceptors (Lipinski definition) is 4. The second-order valence-corrected chi connectivity index (χ2v) is 4.28. The van der Waals surface area contributed by atoms with Gasteiger partial charge in [0, 0.05) is 6.54 Å².